The lowest BCUT2D eigenvalue weighted by molar-refractivity contribution is 0.0946. The fourth-order valence-corrected chi connectivity index (χ4v) is 4.22. The number of carbonyl (C=O) groups is 1. The molecule has 1 heterocycles. The zero-order valence-electron chi connectivity index (χ0n) is 15.4. The number of halogens is 1. The molecule has 130 valence electrons. The Kier molecular flexibility index (Phi) is 4.09. The molecule has 1 aromatic heterocycles. The lowest BCUT2D eigenvalue weighted by Crippen LogP contribution is -2.11. The minimum atomic E-state index is -0.873. The molecule has 0 amide bonds. The Bertz CT molecular complexity index is 757. The normalized spacial score (nSPS) is 20.2. The number of ketones is 1. The Labute approximate surface area is 144 Å². The van der Waals surface area contributed by atoms with Gasteiger partial charge in [-0.25, -0.2) is 4.39 Å². The molecular weight excluding hydrogens is 301 g/mol. The van der Waals surface area contributed by atoms with Gasteiger partial charge in [0.1, 0.15) is 6.17 Å². The average Bonchev–Trinajstić information content (AvgIpc) is 2.80. The van der Waals surface area contributed by atoms with Crippen molar-refractivity contribution in [3.63, 3.8) is 0 Å². The quantitative estimate of drug-likeness (QED) is 0.628. The Balaban J connectivity index is 1.99. The van der Waals surface area contributed by atoms with Gasteiger partial charge in [0.05, 0.1) is 6.54 Å². The number of hydrogen-bond acceptors (Lipinski definition) is 1. The van der Waals surface area contributed by atoms with Crippen LogP contribution in [0, 0.1) is 16.7 Å². The maximum atomic E-state index is 14.1. The van der Waals surface area contributed by atoms with Crippen LogP contribution in [0.15, 0.2) is 30.5 Å². The van der Waals surface area contributed by atoms with Crippen molar-refractivity contribution < 1.29 is 9.18 Å². The van der Waals surface area contributed by atoms with Crippen molar-refractivity contribution >= 4 is 16.7 Å². The lowest BCUT2D eigenvalue weighted by atomic mass is 10.0. The molecule has 1 saturated carbocycles. The summed E-state index contributed by atoms with van der Waals surface area (Å²) in [6.07, 6.45) is 2.39. The Morgan fingerprint density at radius 2 is 1.83 bits per heavy atom. The van der Waals surface area contributed by atoms with Gasteiger partial charge in [-0.3, -0.25) is 4.79 Å². The number of aromatic nitrogens is 1. The van der Waals surface area contributed by atoms with Gasteiger partial charge >= 0.3 is 0 Å². The number of hydrogen-bond donors (Lipinski definition) is 0. The standard InChI is InChI=1S/C21H28FNO/c1-6-9-14(22)12-23-13-16(15-10-7-8-11-17(15)23)18(24)19-20(2,3)21(19,4)5/h7-8,10-11,13-14,19H,6,9,12H2,1-5H3/t14-/m0/s1. The smallest absolute Gasteiger partial charge is 0.169 e. The van der Waals surface area contributed by atoms with Gasteiger partial charge in [0.15, 0.2) is 5.78 Å². The molecule has 24 heavy (non-hydrogen) atoms. The highest BCUT2D eigenvalue weighted by molar-refractivity contribution is 6.11. The summed E-state index contributed by atoms with van der Waals surface area (Å²) in [6, 6.07) is 7.86. The van der Waals surface area contributed by atoms with Crippen molar-refractivity contribution in [2.45, 2.75) is 60.2 Å². The van der Waals surface area contributed by atoms with Crippen LogP contribution >= 0.6 is 0 Å². The molecule has 0 bridgehead atoms. The monoisotopic (exact) mass is 329 g/mol. The van der Waals surface area contributed by atoms with Crippen LogP contribution in [0.5, 0.6) is 0 Å². The molecule has 0 radical (unpaired) electrons. The molecule has 1 aromatic carbocycles. The third-order valence-electron chi connectivity index (χ3n) is 6.33. The Morgan fingerprint density at radius 3 is 2.42 bits per heavy atom. The zero-order valence-corrected chi connectivity index (χ0v) is 15.4. The van der Waals surface area contributed by atoms with E-state index in [-0.39, 0.29) is 22.5 Å². The molecule has 1 atom stereocenters. The van der Waals surface area contributed by atoms with Crippen LogP contribution in [0.1, 0.15) is 57.8 Å². The number of rotatable bonds is 6. The second-order valence-corrected chi connectivity index (χ2v) is 8.34. The van der Waals surface area contributed by atoms with E-state index in [0.717, 1.165) is 22.9 Å². The maximum Gasteiger partial charge on any atom is 0.169 e. The summed E-state index contributed by atoms with van der Waals surface area (Å²) >= 11 is 0. The van der Waals surface area contributed by atoms with Crippen molar-refractivity contribution in [2.75, 3.05) is 0 Å². The molecule has 0 spiro atoms. The number of fused-ring (bicyclic) bond motifs is 1. The van der Waals surface area contributed by atoms with Crippen molar-refractivity contribution in [1.82, 2.24) is 4.57 Å². The van der Waals surface area contributed by atoms with E-state index >= 15 is 0 Å². The number of para-hydroxylation sites is 1. The number of Topliss-reactive ketones (excluding diaryl/α,β-unsaturated/α-hetero) is 1. The van der Waals surface area contributed by atoms with E-state index < -0.39 is 6.17 Å². The summed E-state index contributed by atoms with van der Waals surface area (Å²) < 4.78 is 16.1. The van der Waals surface area contributed by atoms with Crippen molar-refractivity contribution in [2.24, 2.45) is 16.7 Å². The lowest BCUT2D eigenvalue weighted by Gasteiger charge is -2.09. The van der Waals surface area contributed by atoms with Crippen LogP contribution in [0.25, 0.3) is 10.9 Å². The van der Waals surface area contributed by atoms with Crippen LogP contribution in [-0.4, -0.2) is 16.5 Å². The van der Waals surface area contributed by atoms with Crippen LogP contribution in [0.2, 0.25) is 0 Å². The Hall–Kier alpha value is -1.64. The third-order valence-corrected chi connectivity index (χ3v) is 6.33. The van der Waals surface area contributed by atoms with Gasteiger partial charge in [0.25, 0.3) is 0 Å². The highest BCUT2D eigenvalue weighted by Gasteiger charge is 2.68. The van der Waals surface area contributed by atoms with Crippen molar-refractivity contribution in [1.29, 1.82) is 0 Å². The third kappa shape index (κ3) is 2.49. The highest BCUT2D eigenvalue weighted by Crippen LogP contribution is 2.69. The van der Waals surface area contributed by atoms with E-state index in [1.165, 1.54) is 0 Å². The molecule has 1 aliphatic carbocycles. The highest BCUT2D eigenvalue weighted by atomic mass is 19.1. The van der Waals surface area contributed by atoms with E-state index in [1.807, 2.05) is 42.0 Å². The van der Waals surface area contributed by atoms with Gasteiger partial charge in [0.2, 0.25) is 0 Å². The van der Waals surface area contributed by atoms with Crippen LogP contribution in [0.4, 0.5) is 4.39 Å². The molecule has 0 saturated heterocycles. The van der Waals surface area contributed by atoms with E-state index in [1.54, 1.807) is 0 Å². The largest absolute Gasteiger partial charge is 0.344 e. The number of nitrogens with zero attached hydrogens (tertiary/aromatic N) is 1. The first-order valence-corrected chi connectivity index (χ1v) is 8.98. The van der Waals surface area contributed by atoms with Gasteiger partial charge in [-0.15, -0.1) is 0 Å². The minimum absolute atomic E-state index is 0.0120. The van der Waals surface area contributed by atoms with Crippen LogP contribution < -0.4 is 0 Å². The summed E-state index contributed by atoms with van der Waals surface area (Å²) in [5.41, 5.74) is 1.73. The predicted molar refractivity (Wildman–Crippen MR) is 97.1 cm³/mol. The fourth-order valence-electron chi connectivity index (χ4n) is 4.22. The summed E-state index contributed by atoms with van der Waals surface area (Å²) in [7, 11) is 0. The van der Waals surface area contributed by atoms with Gasteiger partial charge in [-0.1, -0.05) is 59.2 Å². The second kappa shape index (κ2) is 5.72. The second-order valence-electron chi connectivity index (χ2n) is 8.34. The summed E-state index contributed by atoms with van der Waals surface area (Å²) in [5, 5.41) is 0.949. The first-order chi connectivity index (χ1) is 11.2. The number of benzene rings is 1. The molecule has 2 aromatic rings. The maximum absolute atomic E-state index is 14.1. The van der Waals surface area contributed by atoms with Crippen LogP contribution in [-0.2, 0) is 6.54 Å². The molecule has 0 unspecified atom stereocenters. The van der Waals surface area contributed by atoms with Crippen LogP contribution in [0.3, 0.4) is 0 Å². The van der Waals surface area contributed by atoms with Gasteiger partial charge in [-0.05, 0) is 23.3 Å². The van der Waals surface area contributed by atoms with Crippen molar-refractivity contribution in [3.05, 3.63) is 36.0 Å². The SMILES string of the molecule is CCC[C@H](F)Cn1cc(C(=O)C2C(C)(C)C2(C)C)c2ccccc21. The van der Waals surface area contributed by atoms with E-state index in [2.05, 4.69) is 27.7 Å². The minimum Gasteiger partial charge on any atom is -0.344 e. The Morgan fingerprint density at radius 1 is 1.21 bits per heavy atom. The summed E-state index contributed by atoms with van der Waals surface area (Å²) in [6.45, 7) is 11.0. The van der Waals surface area contributed by atoms with E-state index in [4.69, 9.17) is 0 Å². The molecule has 0 N–H and O–H groups in total. The molecule has 2 nitrogen and oxygen atoms in total. The topological polar surface area (TPSA) is 22.0 Å². The first-order valence-electron chi connectivity index (χ1n) is 8.98. The molecule has 1 fully saturated rings. The predicted octanol–water partition coefficient (Wildman–Crippen LogP) is 5.64. The average molecular weight is 329 g/mol. The molecule has 1 aliphatic rings. The van der Waals surface area contributed by atoms with E-state index in [9.17, 15) is 9.18 Å². The van der Waals surface area contributed by atoms with Crippen molar-refractivity contribution in [3.8, 4) is 0 Å². The van der Waals surface area contributed by atoms with Gasteiger partial charge < -0.3 is 4.57 Å². The van der Waals surface area contributed by atoms with E-state index in [0.29, 0.717) is 13.0 Å². The molecular formula is C21H28FNO. The molecule has 0 aliphatic heterocycles. The van der Waals surface area contributed by atoms with Gasteiger partial charge in [0, 0.05) is 28.6 Å². The first kappa shape index (κ1) is 17.2. The molecule has 3 rings (SSSR count). The summed E-state index contributed by atoms with van der Waals surface area (Å²) in [4.78, 5) is 13.2. The molecule has 3 heteroatoms. The number of carbonyl (C=O) groups excluding carboxylic acids is 1. The fraction of sp³-hybridized carbons (Fsp3) is 0.571. The summed E-state index contributed by atoms with van der Waals surface area (Å²) in [5.74, 6) is 0.229. The zero-order chi connectivity index (χ0) is 17.7. The van der Waals surface area contributed by atoms with Gasteiger partial charge in [-0.2, -0.15) is 0 Å². The number of alkyl halides is 1.